The number of carbonyl (C=O) groups excluding carboxylic acids is 1. The van der Waals surface area contributed by atoms with Crippen molar-refractivity contribution >= 4 is 11.8 Å². The summed E-state index contributed by atoms with van der Waals surface area (Å²) in [5.41, 5.74) is 1.76. The van der Waals surface area contributed by atoms with E-state index in [0.29, 0.717) is 12.5 Å². The molecule has 1 aliphatic heterocycles. The van der Waals surface area contributed by atoms with Crippen molar-refractivity contribution in [1.29, 1.82) is 0 Å². The molecule has 0 aromatic heterocycles. The first kappa shape index (κ1) is 22.8. The maximum atomic E-state index is 12.5. The maximum Gasteiger partial charge on any atom is 0.300 e. The number of hydrogen-bond donors (Lipinski definition) is 2. The lowest BCUT2D eigenvalue weighted by Crippen LogP contribution is -2.45. The van der Waals surface area contributed by atoms with E-state index in [4.69, 9.17) is 9.90 Å². The zero-order valence-corrected chi connectivity index (χ0v) is 17.2. The lowest BCUT2D eigenvalue weighted by molar-refractivity contribution is -0.134. The minimum atomic E-state index is -0.833. The zero-order valence-electron chi connectivity index (χ0n) is 17.2. The number of hydrogen-bond acceptors (Lipinski definition) is 4. The van der Waals surface area contributed by atoms with Crippen LogP contribution in [-0.4, -0.2) is 46.0 Å². The van der Waals surface area contributed by atoms with E-state index < -0.39 is 12.1 Å². The van der Waals surface area contributed by atoms with Gasteiger partial charge < -0.3 is 10.2 Å². The minimum absolute atomic E-state index is 0.210. The van der Waals surface area contributed by atoms with Gasteiger partial charge in [-0.15, -0.1) is 0 Å². The number of aliphatic carboxylic acids is 1. The molecule has 156 valence electrons. The number of benzene rings is 2. The topological polar surface area (TPSA) is 77.8 Å². The Morgan fingerprint density at radius 3 is 2.10 bits per heavy atom. The van der Waals surface area contributed by atoms with Crippen LogP contribution in [0.4, 0.5) is 0 Å². The second kappa shape index (κ2) is 11.5. The number of carboxylic acid groups (broad SMARTS) is 1. The molecule has 3 atom stereocenters. The van der Waals surface area contributed by atoms with Crippen molar-refractivity contribution in [2.75, 3.05) is 7.05 Å². The number of nitrogens with zero attached hydrogens (tertiary/aromatic N) is 1. The highest BCUT2D eigenvalue weighted by molar-refractivity contribution is 5.96. The van der Waals surface area contributed by atoms with Gasteiger partial charge in [-0.25, -0.2) is 0 Å². The molecule has 2 aromatic rings. The molecule has 1 heterocycles. The van der Waals surface area contributed by atoms with E-state index in [9.17, 15) is 9.90 Å². The summed E-state index contributed by atoms with van der Waals surface area (Å²) in [6.07, 6.45) is 4.07. The second-order valence-corrected chi connectivity index (χ2v) is 7.58. The largest absolute Gasteiger partial charge is 0.481 e. The zero-order chi connectivity index (χ0) is 21.2. The van der Waals surface area contributed by atoms with Crippen LogP contribution in [0.25, 0.3) is 0 Å². The van der Waals surface area contributed by atoms with Gasteiger partial charge in [-0.3, -0.25) is 14.5 Å². The van der Waals surface area contributed by atoms with E-state index in [2.05, 4.69) is 11.9 Å². The number of likely N-dealkylation sites (tertiary alicyclic amines) is 1. The fourth-order valence-corrected chi connectivity index (χ4v) is 3.85. The summed E-state index contributed by atoms with van der Waals surface area (Å²) < 4.78 is 0. The number of carbonyl (C=O) groups is 2. The van der Waals surface area contributed by atoms with E-state index in [1.54, 1.807) is 0 Å². The van der Waals surface area contributed by atoms with Gasteiger partial charge in [0.05, 0.1) is 6.10 Å². The molecule has 2 N–H and O–H groups in total. The number of piperidine rings is 1. The maximum absolute atomic E-state index is 12.5. The van der Waals surface area contributed by atoms with Crippen LogP contribution in [0.5, 0.6) is 0 Å². The Morgan fingerprint density at radius 2 is 1.52 bits per heavy atom. The first-order chi connectivity index (χ1) is 13.9. The molecule has 5 nitrogen and oxygen atoms in total. The second-order valence-electron chi connectivity index (χ2n) is 7.58. The highest BCUT2D eigenvalue weighted by atomic mass is 16.4. The van der Waals surface area contributed by atoms with Gasteiger partial charge in [0.15, 0.2) is 5.78 Å². The van der Waals surface area contributed by atoms with Crippen molar-refractivity contribution < 1.29 is 19.8 Å². The third-order valence-corrected chi connectivity index (χ3v) is 5.42. The molecule has 0 spiro atoms. The summed E-state index contributed by atoms with van der Waals surface area (Å²) >= 11 is 0. The summed E-state index contributed by atoms with van der Waals surface area (Å²) in [4.78, 5) is 23.8. The van der Waals surface area contributed by atoms with E-state index in [-0.39, 0.29) is 11.8 Å². The molecule has 5 heteroatoms. The van der Waals surface area contributed by atoms with E-state index in [1.807, 2.05) is 60.7 Å². The van der Waals surface area contributed by atoms with Gasteiger partial charge in [0.1, 0.15) is 0 Å². The fraction of sp³-hybridized carbons (Fsp3) is 0.417. The molecule has 3 rings (SSSR count). The molecular weight excluding hydrogens is 366 g/mol. The molecule has 0 radical (unpaired) electrons. The predicted molar refractivity (Wildman–Crippen MR) is 114 cm³/mol. The predicted octanol–water partition coefficient (Wildman–Crippen LogP) is 4.33. The number of aliphatic hydroxyl groups is 1. The molecular formula is C24H31NO4. The van der Waals surface area contributed by atoms with Crippen molar-refractivity contribution in [3.05, 3.63) is 71.8 Å². The van der Waals surface area contributed by atoms with Gasteiger partial charge in [0, 0.05) is 31.0 Å². The Kier molecular flexibility index (Phi) is 9.03. The molecule has 0 amide bonds. The Labute approximate surface area is 173 Å². The Hall–Kier alpha value is -2.50. The summed E-state index contributed by atoms with van der Waals surface area (Å²) in [6, 6.07) is 20.0. The molecule has 0 aliphatic carbocycles. The summed E-state index contributed by atoms with van der Waals surface area (Å²) in [7, 11) is 2.10. The van der Waals surface area contributed by atoms with E-state index >= 15 is 0 Å². The van der Waals surface area contributed by atoms with Crippen molar-refractivity contribution in [2.45, 2.75) is 57.2 Å². The lowest BCUT2D eigenvalue weighted by atomic mass is 9.88. The van der Waals surface area contributed by atoms with Crippen LogP contribution < -0.4 is 0 Å². The van der Waals surface area contributed by atoms with Crippen LogP contribution in [-0.2, 0) is 4.79 Å². The standard InChI is InChI=1S/C22H27NO2.C2H4O2/c1-23-19(15-21(24)17-9-4-2-5-10-17)13-8-14-20(23)16-22(25)18-11-6-3-7-12-18;1-2(3)4/h2-7,9-12,19-21,24H,8,13-16H2,1H3;1H3,(H,3,4). The van der Waals surface area contributed by atoms with Gasteiger partial charge in [0.25, 0.3) is 5.97 Å². The van der Waals surface area contributed by atoms with E-state index in [1.165, 1.54) is 0 Å². The number of rotatable bonds is 6. The van der Waals surface area contributed by atoms with Gasteiger partial charge in [-0.2, -0.15) is 0 Å². The average molecular weight is 398 g/mol. The fourth-order valence-electron chi connectivity index (χ4n) is 3.85. The molecule has 1 aliphatic rings. The normalized spacial score (nSPS) is 20.2. The molecule has 3 unspecified atom stereocenters. The summed E-state index contributed by atoms with van der Waals surface area (Å²) in [5.74, 6) is -0.623. The van der Waals surface area contributed by atoms with Gasteiger partial charge in [-0.1, -0.05) is 67.1 Å². The van der Waals surface area contributed by atoms with Crippen molar-refractivity contribution in [3.63, 3.8) is 0 Å². The van der Waals surface area contributed by atoms with Crippen molar-refractivity contribution in [1.82, 2.24) is 4.90 Å². The quantitative estimate of drug-likeness (QED) is 0.710. The van der Waals surface area contributed by atoms with Crippen molar-refractivity contribution in [3.8, 4) is 0 Å². The number of carboxylic acids is 1. The third kappa shape index (κ3) is 7.44. The SMILES string of the molecule is CC(=O)O.CN1C(CC(=O)c2ccccc2)CCCC1CC(O)c1ccccc1. The molecule has 2 aromatic carbocycles. The van der Waals surface area contributed by atoms with E-state index in [0.717, 1.165) is 43.7 Å². The number of aliphatic hydroxyl groups excluding tert-OH is 1. The minimum Gasteiger partial charge on any atom is -0.481 e. The van der Waals surface area contributed by atoms with Crippen LogP contribution in [0.15, 0.2) is 60.7 Å². The highest BCUT2D eigenvalue weighted by Crippen LogP contribution is 2.30. The van der Waals surface area contributed by atoms with Gasteiger partial charge in [0.2, 0.25) is 0 Å². The smallest absolute Gasteiger partial charge is 0.300 e. The average Bonchev–Trinajstić information content (AvgIpc) is 2.72. The summed E-state index contributed by atoms with van der Waals surface area (Å²) in [5, 5.41) is 18.0. The molecule has 29 heavy (non-hydrogen) atoms. The first-order valence-corrected chi connectivity index (χ1v) is 10.1. The highest BCUT2D eigenvalue weighted by Gasteiger charge is 2.30. The monoisotopic (exact) mass is 397 g/mol. The van der Waals surface area contributed by atoms with Crippen LogP contribution >= 0.6 is 0 Å². The lowest BCUT2D eigenvalue weighted by Gasteiger charge is -2.40. The van der Waals surface area contributed by atoms with Crippen LogP contribution in [0.3, 0.4) is 0 Å². The Bertz CT molecular complexity index is 759. The van der Waals surface area contributed by atoms with Crippen LogP contribution in [0.2, 0.25) is 0 Å². The number of ketones is 1. The number of Topliss-reactive ketones (excluding diaryl/α,β-unsaturated/α-hetero) is 1. The molecule has 1 saturated heterocycles. The van der Waals surface area contributed by atoms with Crippen LogP contribution in [0, 0.1) is 0 Å². The van der Waals surface area contributed by atoms with Gasteiger partial charge >= 0.3 is 0 Å². The van der Waals surface area contributed by atoms with Crippen molar-refractivity contribution in [2.24, 2.45) is 0 Å². The molecule has 1 fully saturated rings. The third-order valence-electron chi connectivity index (χ3n) is 5.42. The molecule has 0 bridgehead atoms. The first-order valence-electron chi connectivity index (χ1n) is 10.1. The Morgan fingerprint density at radius 1 is 1.00 bits per heavy atom. The summed E-state index contributed by atoms with van der Waals surface area (Å²) in [6.45, 7) is 1.08. The van der Waals surface area contributed by atoms with Gasteiger partial charge in [-0.05, 0) is 31.9 Å². The molecule has 0 saturated carbocycles. The Balaban J connectivity index is 0.000000687. The van der Waals surface area contributed by atoms with Crippen LogP contribution in [0.1, 0.15) is 61.1 Å².